The molecule has 1 unspecified atom stereocenters. The van der Waals surface area contributed by atoms with Gasteiger partial charge >= 0.3 is 6.18 Å². The molecule has 0 saturated carbocycles. The van der Waals surface area contributed by atoms with E-state index in [-0.39, 0.29) is 12.3 Å². The summed E-state index contributed by atoms with van der Waals surface area (Å²) >= 11 is 1.33. The normalized spacial score (nSPS) is 18.0. The van der Waals surface area contributed by atoms with E-state index < -0.39 is 11.7 Å². The van der Waals surface area contributed by atoms with Crippen molar-refractivity contribution in [2.75, 3.05) is 19.6 Å². The number of rotatable bonds is 6. The molecule has 1 aliphatic rings. The van der Waals surface area contributed by atoms with Crippen molar-refractivity contribution in [2.24, 2.45) is 5.92 Å². The maximum atomic E-state index is 12.7. The maximum absolute atomic E-state index is 12.7. The number of amides is 1. The number of nitrogens with zero attached hydrogens (tertiary/aromatic N) is 2. The van der Waals surface area contributed by atoms with E-state index in [9.17, 15) is 18.0 Å². The molecular weight excluding hydrogens is 387 g/mol. The predicted octanol–water partition coefficient (Wildman–Crippen LogP) is 4.22. The van der Waals surface area contributed by atoms with Gasteiger partial charge in [-0.15, -0.1) is 11.3 Å². The number of carbonyl (C=O) groups excluding carboxylic acids is 1. The lowest BCUT2D eigenvalue weighted by atomic mass is 10.1. The van der Waals surface area contributed by atoms with Gasteiger partial charge in [-0.25, -0.2) is 4.98 Å². The largest absolute Gasteiger partial charge is 0.416 e. The molecule has 1 N–H and O–H groups in total. The van der Waals surface area contributed by atoms with Crippen molar-refractivity contribution in [3.05, 3.63) is 40.9 Å². The molecule has 0 bridgehead atoms. The Morgan fingerprint density at radius 2 is 2.04 bits per heavy atom. The van der Waals surface area contributed by atoms with Gasteiger partial charge in [0.2, 0.25) is 5.91 Å². The molecule has 1 atom stereocenters. The molecule has 28 heavy (non-hydrogen) atoms. The number of hydrogen-bond acceptors (Lipinski definition) is 4. The van der Waals surface area contributed by atoms with Gasteiger partial charge in [-0.05, 0) is 44.9 Å². The molecule has 0 radical (unpaired) electrons. The topological polar surface area (TPSA) is 45.2 Å². The molecular formula is C20H24F3N3OS. The standard InChI is InChI=1S/C20H24F3N3OS/c1-13(2)26-8-7-14(11-26)10-24-18(27)9-17-12-28-19(25-17)15-3-5-16(6-4-15)20(21,22)23/h3-6,12-14H,7-11H2,1-2H3,(H,24,27). The van der Waals surface area contributed by atoms with E-state index in [0.717, 1.165) is 31.6 Å². The summed E-state index contributed by atoms with van der Waals surface area (Å²) in [4.78, 5) is 19.0. The van der Waals surface area contributed by atoms with Crippen LogP contribution in [0.1, 0.15) is 31.5 Å². The summed E-state index contributed by atoms with van der Waals surface area (Å²) in [6.07, 6.45) is -3.08. The average molecular weight is 411 g/mol. The number of likely N-dealkylation sites (tertiary alicyclic amines) is 1. The van der Waals surface area contributed by atoms with Crippen LogP contribution in [0.2, 0.25) is 0 Å². The van der Waals surface area contributed by atoms with Crippen LogP contribution >= 0.6 is 11.3 Å². The quantitative estimate of drug-likeness (QED) is 0.774. The second-order valence-electron chi connectivity index (χ2n) is 7.44. The highest BCUT2D eigenvalue weighted by Gasteiger charge is 2.30. The lowest BCUT2D eigenvalue weighted by Gasteiger charge is -2.20. The number of aromatic nitrogens is 1. The Labute approximate surface area is 166 Å². The van der Waals surface area contributed by atoms with Crippen molar-refractivity contribution in [2.45, 2.75) is 38.9 Å². The second-order valence-corrected chi connectivity index (χ2v) is 8.30. The molecule has 1 aliphatic heterocycles. The van der Waals surface area contributed by atoms with E-state index in [2.05, 4.69) is 29.0 Å². The predicted molar refractivity (Wildman–Crippen MR) is 104 cm³/mol. The fraction of sp³-hybridized carbons (Fsp3) is 0.500. The molecule has 3 rings (SSSR count). The summed E-state index contributed by atoms with van der Waals surface area (Å²) in [5.41, 5.74) is 0.562. The van der Waals surface area contributed by atoms with Crippen molar-refractivity contribution < 1.29 is 18.0 Å². The SMILES string of the molecule is CC(C)N1CCC(CNC(=O)Cc2csc(-c3ccc(C(F)(F)F)cc3)n2)C1. The van der Waals surface area contributed by atoms with Gasteiger partial charge in [-0.1, -0.05) is 12.1 Å². The lowest BCUT2D eigenvalue weighted by molar-refractivity contribution is -0.137. The summed E-state index contributed by atoms with van der Waals surface area (Å²) in [5.74, 6) is 0.400. The molecule has 0 aliphatic carbocycles. The Hall–Kier alpha value is -1.93. The first-order valence-corrected chi connectivity index (χ1v) is 10.2. The van der Waals surface area contributed by atoms with Gasteiger partial charge in [-0.3, -0.25) is 4.79 Å². The Bertz CT molecular complexity index is 802. The van der Waals surface area contributed by atoms with E-state index in [1.54, 1.807) is 5.38 Å². The fourth-order valence-corrected chi connectivity index (χ4v) is 4.13. The zero-order chi connectivity index (χ0) is 20.3. The maximum Gasteiger partial charge on any atom is 0.416 e. The Morgan fingerprint density at radius 1 is 1.32 bits per heavy atom. The van der Waals surface area contributed by atoms with Gasteiger partial charge in [0.05, 0.1) is 17.7 Å². The third-order valence-corrected chi connectivity index (χ3v) is 5.93. The molecule has 0 spiro atoms. The first-order valence-electron chi connectivity index (χ1n) is 9.35. The summed E-state index contributed by atoms with van der Waals surface area (Å²) in [6, 6.07) is 5.44. The van der Waals surface area contributed by atoms with Crippen molar-refractivity contribution in [1.82, 2.24) is 15.2 Å². The van der Waals surface area contributed by atoms with Crippen molar-refractivity contribution in [3.8, 4) is 10.6 Å². The molecule has 152 valence electrons. The Balaban J connectivity index is 1.51. The number of hydrogen-bond donors (Lipinski definition) is 1. The highest BCUT2D eigenvalue weighted by Crippen LogP contribution is 2.31. The fourth-order valence-electron chi connectivity index (χ4n) is 3.31. The molecule has 1 amide bonds. The summed E-state index contributed by atoms with van der Waals surface area (Å²) in [7, 11) is 0. The summed E-state index contributed by atoms with van der Waals surface area (Å²) in [6.45, 7) is 7.10. The van der Waals surface area contributed by atoms with Crippen LogP contribution < -0.4 is 5.32 Å². The molecule has 1 aromatic heterocycles. The summed E-state index contributed by atoms with van der Waals surface area (Å²) < 4.78 is 38.0. The van der Waals surface area contributed by atoms with Crippen LogP contribution in [0, 0.1) is 5.92 Å². The van der Waals surface area contributed by atoms with Crippen LogP contribution in [0.15, 0.2) is 29.6 Å². The smallest absolute Gasteiger partial charge is 0.355 e. The number of halogens is 3. The second kappa shape index (κ2) is 8.61. The molecule has 8 heteroatoms. The van der Waals surface area contributed by atoms with Crippen LogP contribution in [0.4, 0.5) is 13.2 Å². The minimum Gasteiger partial charge on any atom is -0.355 e. The number of benzene rings is 1. The monoisotopic (exact) mass is 411 g/mol. The lowest BCUT2D eigenvalue weighted by Crippen LogP contribution is -2.33. The number of thiazole rings is 1. The zero-order valence-corrected chi connectivity index (χ0v) is 16.7. The molecule has 1 aromatic carbocycles. The number of alkyl halides is 3. The van der Waals surface area contributed by atoms with Gasteiger partial charge in [0.25, 0.3) is 0 Å². The minimum atomic E-state index is -4.35. The summed E-state index contributed by atoms with van der Waals surface area (Å²) in [5, 5.41) is 5.37. The van der Waals surface area contributed by atoms with Crippen LogP contribution in [0.25, 0.3) is 10.6 Å². The third kappa shape index (κ3) is 5.32. The minimum absolute atomic E-state index is 0.0766. The van der Waals surface area contributed by atoms with E-state index in [0.29, 0.717) is 34.8 Å². The zero-order valence-electron chi connectivity index (χ0n) is 15.9. The van der Waals surface area contributed by atoms with E-state index in [1.807, 2.05) is 0 Å². The van der Waals surface area contributed by atoms with Crippen LogP contribution in [0.3, 0.4) is 0 Å². The van der Waals surface area contributed by atoms with Crippen molar-refractivity contribution in [1.29, 1.82) is 0 Å². The van der Waals surface area contributed by atoms with E-state index in [1.165, 1.54) is 23.5 Å². The van der Waals surface area contributed by atoms with Gasteiger partial charge in [-0.2, -0.15) is 13.2 Å². The van der Waals surface area contributed by atoms with Gasteiger partial charge in [0, 0.05) is 30.1 Å². The van der Waals surface area contributed by atoms with Crippen LogP contribution in [-0.4, -0.2) is 41.5 Å². The van der Waals surface area contributed by atoms with Crippen molar-refractivity contribution >= 4 is 17.2 Å². The number of carbonyl (C=O) groups is 1. The molecule has 1 saturated heterocycles. The first-order chi connectivity index (χ1) is 13.2. The van der Waals surface area contributed by atoms with Gasteiger partial charge in [0.1, 0.15) is 5.01 Å². The first kappa shape index (κ1) is 20.8. The molecule has 4 nitrogen and oxygen atoms in total. The van der Waals surface area contributed by atoms with Crippen LogP contribution in [0.5, 0.6) is 0 Å². The average Bonchev–Trinajstić information content (AvgIpc) is 3.29. The highest BCUT2D eigenvalue weighted by molar-refractivity contribution is 7.13. The molecule has 2 aromatic rings. The third-order valence-electron chi connectivity index (χ3n) is 4.99. The van der Waals surface area contributed by atoms with Crippen molar-refractivity contribution in [3.63, 3.8) is 0 Å². The van der Waals surface area contributed by atoms with E-state index >= 15 is 0 Å². The van der Waals surface area contributed by atoms with Gasteiger partial charge < -0.3 is 10.2 Å². The molecule has 1 fully saturated rings. The van der Waals surface area contributed by atoms with Gasteiger partial charge in [0.15, 0.2) is 0 Å². The number of nitrogens with one attached hydrogen (secondary N) is 1. The molecule has 2 heterocycles. The highest BCUT2D eigenvalue weighted by atomic mass is 32.1. The Kier molecular flexibility index (Phi) is 6.40. The van der Waals surface area contributed by atoms with E-state index in [4.69, 9.17) is 0 Å². The van der Waals surface area contributed by atoms with Crippen LogP contribution in [-0.2, 0) is 17.4 Å². The Morgan fingerprint density at radius 3 is 2.64 bits per heavy atom.